The Morgan fingerprint density at radius 1 is 0.857 bits per heavy atom. The highest BCUT2D eigenvalue weighted by Crippen LogP contribution is 2.39. The first-order chi connectivity index (χ1) is 10.1. The number of alkyl halides is 1. The fourth-order valence-corrected chi connectivity index (χ4v) is 3.54. The fraction of sp³-hybridized carbons (Fsp3) is 0.0588. The van der Waals surface area contributed by atoms with Gasteiger partial charge in [-0.25, -0.2) is 4.39 Å². The molecule has 0 aliphatic rings. The van der Waals surface area contributed by atoms with Crippen molar-refractivity contribution < 1.29 is 4.39 Å². The maximum absolute atomic E-state index is 14.1. The summed E-state index contributed by atoms with van der Waals surface area (Å²) in [6.45, 7) is 0. The van der Waals surface area contributed by atoms with E-state index in [0.29, 0.717) is 15.6 Å². The highest BCUT2D eigenvalue weighted by molar-refractivity contribution is 9.09. The van der Waals surface area contributed by atoms with Gasteiger partial charge in [0.15, 0.2) is 0 Å². The van der Waals surface area contributed by atoms with Gasteiger partial charge >= 0.3 is 0 Å². The zero-order chi connectivity index (χ0) is 15.0. The highest BCUT2D eigenvalue weighted by atomic mass is 79.9. The van der Waals surface area contributed by atoms with Crippen LogP contribution in [0.5, 0.6) is 0 Å². The number of fused-ring (bicyclic) bond motifs is 1. The minimum Gasteiger partial charge on any atom is -0.207 e. The van der Waals surface area contributed by atoms with E-state index in [2.05, 4.69) is 15.9 Å². The average Bonchev–Trinajstić information content (AvgIpc) is 2.50. The summed E-state index contributed by atoms with van der Waals surface area (Å²) in [4.78, 5) is -0.293. The molecule has 0 aromatic heterocycles. The molecule has 0 N–H and O–H groups in total. The van der Waals surface area contributed by atoms with E-state index in [9.17, 15) is 4.39 Å². The van der Waals surface area contributed by atoms with Crippen LogP contribution in [0.2, 0.25) is 10.0 Å². The molecular formula is C17H10BrCl2F. The molecule has 1 atom stereocenters. The Kier molecular flexibility index (Phi) is 4.21. The van der Waals surface area contributed by atoms with Crippen molar-refractivity contribution in [3.63, 3.8) is 0 Å². The van der Waals surface area contributed by atoms with E-state index in [4.69, 9.17) is 23.2 Å². The van der Waals surface area contributed by atoms with Crippen LogP contribution in [0.3, 0.4) is 0 Å². The largest absolute Gasteiger partial charge is 0.207 e. The van der Waals surface area contributed by atoms with E-state index in [1.54, 1.807) is 12.1 Å². The summed E-state index contributed by atoms with van der Waals surface area (Å²) in [5, 5.41) is 3.13. The molecule has 0 heterocycles. The lowest BCUT2D eigenvalue weighted by molar-refractivity contribution is 0.614. The first-order valence-electron chi connectivity index (χ1n) is 6.34. The Morgan fingerprint density at radius 2 is 1.57 bits per heavy atom. The Morgan fingerprint density at radius 3 is 2.33 bits per heavy atom. The summed E-state index contributed by atoms with van der Waals surface area (Å²) in [5.41, 5.74) is 1.46. The van der Waals surface area contributed by atoms with Crippen molar-refractivity contribution >= 4 is 49.9 Å². The lowest BCUT2D eigenvalue weighted by Crippen LogP contribution is -1.98. The molecule has 1 unspecified atom stereocenters. The predicted molar refractivity (Wildman–Crippen MR) is 91.1 cm³/mol. The number of hydrogen-bond donors (Lipinski definition) is 0. The molecule has 4 heteroatoms. The Hall–Kier alpha value is -1.09. The molecule has 0 radical (unpaired) electrons. The zero-order valence-corrected chi connectivity index (χ0v) is 13.9. The van der Waals surface area contributed by atoms with Gasteiger partial charge in [-0.15, -0.1) is 0 Å². The van der Waals surface area contributed by atoms with Gasteiger partial charge in [0.2, 0.25) is 0 Å². The van der Waals surface area contributed by atoms with Crippen molar-refractivity contribution in [3.8, 4) is 0 Å². The average molecular weight is 384 g/mol. The van der Waals surface area contributed by atoms with Gasteiger partial charge < -0.3 is 0 Å². The molecule has 3 aromatic rings. The highest BCUT2D eigenvalue weighted by Gasteiger charge is 2.18. The Bertz CT molecular complexity index is 817. The Labute approximate surface area is 140 Å². The lowest BCUT2D eigenvalue weighted by atomic mass is 9.98. The maximum Gasteiger partial charge on any atom is 0.127 e. The topological polar surface area (TPSA) is 0 Å². The molecule has 0 saturated heterocycles. The van der Waals surface area contributed by atoms with E-state index in [0.717, 1.165) is 16.3 Å². The van der Waals surface area contributed by atoms with Crippen LogP contribution in [0.25, 0.3) is 10.8 Å². The van der Waals surface area contributed by atoms with E-state index >= 15 is 0 Å². The molecular weight excluding hydrogens is 374 g/mol. The van der Waals surface area contributed by atoms with Gasteiger partial charge in [-0.3, -0.25) is 0 Å². The van der Waals surface area contributed by atoms with Gasteiger partial charge in [-0.1, -0.05) is 69.5 Å². The van der Waals surface area contributed by atoms with Gasteiger partial charge in [0.1, 0.15) is 5.82 Å². The summed E-state index contributed by atoms with van der Waals surface area (Å²) >= 11 is 15.8. The first kappa shape index (κ1) is 14.8. The molecule has 3 rings (SSSR count). The molecule has 0 saturated carbocycles. The molecule has 0 spiro atoms. The standard InChI is InChI=1S/C17H10BrCl2F/c18-17(14-9-10(19)5-8-16(14)21)13-6-7-15(20)12-4-2-1-3-11(12)13/h1-9,17H. The third-order valence-corrected chi connectivity index (χ3v) is 4.96. The third kappa shape index (κ3) is 2.80. The number of halogens is 4. The third-order valence-electron chi connectivity index (χ3n) is 3.41. The van der Waals surface area contributed by atoms with Gasteiger partial charge in [0.25, 0.3) is 0 Å². The van der Waals surface area contributed by atoms with Crippen molar-refractivity contribution in [1.29, 1.82) is 0 Å². The van der Waals surface area contributed by atoms with Crippen LogP contribution in [0, 0.1) is 5.82 Å². The van der Waals surface area contributed by atoms with Crippen LogP contribution in [0.1, 0.15) is 16.0 Å². The van der Waals surface area contributed by atoms with E-state index in [-0.39, 0.29) is 10.6 Å². The molecule has 0 nitrogen and oxygen atoms in total. The summed E-state index contributed by atoms with van der Waals surface area (Å²) in [7, 11) is 0. The first-order valence-corrected chi connectivity index (χ1v) is 8.01. The second kappa shape index (κ2) is 5.96. The van der Waals surface area contributed by atoms with Crippen molar-refractivity contribution in [2.24, 2.45) is 0 Å². The lowest BCUT2D eigenvalue weighted by Gasteiger charge is -2.15. The second-order valence-corrected chi connectivity index (χ2v) is 6.47. The van der Waals surface area contributed by atoms with Crippen LogP contribution in [-0.4, -0.2) is 0 Å². The minimum absolute atomic E-state index is 0.291. The van der Waals surface area contributed by atoms with Crippen LogP contribution < -0.4 is 0 Å². The van der Waals surface area contributed by atoms with Gasteiger partial charge in [0.05, 0.1) is 4.83 Å². The van der Waals surface area contributed by atoms with Crippen LogP contribution in [0.4, 0.5) is 4.39 Å². The number of hydrogen-bond acceptors (Lipinski definition) is 0. The monoisotopic (exact) mass is 382 g/mol. The fourth-order valence-electron chi connectivity index (χ4n) is 2.38. The quantitative estimate of drug-likeness (QED) is 0.428. The van der Waals surface area contributed by atoms with Crippen LogP contribution >= 0.6 is 39.1 Å². The second-order valence-electron chi connectivity index (χ2n) is 4.71. The van der Waals surface area contributed by atoms with E-state index in [1.807, 2.05) is 36.4 Å². The predicted octanol–water partition coefficient (Wildman–Crippen LogP) is 6.77. The molecule has 0 bridgehead atoms. The number of benzene rings is 3. The van der Waals surface area contributed by atoms with Gasteiger partial charge in [0, 0.05) is 21.0 Å². The molecule has 0 amide bonds. The van der Waals surface area contributed by atoms with Crippen molar-refractivity contribution in [2.75, 3.05) is 0 Å². The summed E-state index contributed by atoms with van der Waals surface area (Å²) < 4.78 is 14.1. The summed E-state index contributed by atoms with van der Waals surface area (Å²) in [5.74, 6) is -0.291. The molecule has 0 aliphatic heterocycles. The molecule has 0 fully saturated rings. The maximum atomic E-state index is 14.1. The molecule has 21 heavy (non-hydrogen) atoms. The molecule has 0 aliphatic carbocycles. The van der Waals surface area contributed by atoms with Crippen LogP contribution in [-0.2, 0) is 0 Å². The molecule has 3 aromatic carbocycles. The van der Waals surface area contributed by atoms with Gasteiger partial charge in [-0.05, 0) is 35.2 Å². The summed E-state index contributed by atoms with van der Waals surface area (Å²) in [6, 6.07) is 16.1. The number of rotatable bonds is 2. The molecule has 106 valence electrons. The zero-order valence-electron chi connectivity index (χ0n) is 10.8. The van der Waals surface area contributed by atoms with E-state index < -0.39 is 0 Å². The minimum atomic E-state index is -0.293. The van der Waals surface area contributed by atoms with Crippen LogP contribution in [0.15, 0.2) is 54.6 Å². The Balaban J connectivity index is 2.20. The normalized spacial score (nSPS) is 12.6. The van der Waals surface area contributed by atoms with Crippen molar-refractivity contribution in [1.82, 2.24) is 0 Å². The summed E-state index contributed by atoms with van der Waals surface area (Å²) in [6.07, 6.45) is 0. The van der Waals surface area contributed by atoms with E-state index in [1.165, 1.54) is 6.07 Å². The van der Waals surface area contributed by atoms with Gasteiger partial charge in [-0.2, -0.15) is 0 Å². The van der Waals surface area contributed by atoms with Crippen molar-refractivity contribution in [3.05, 3.63) is 81.6 Å². The SMILES string of the molecule is Fc1ccc(Cl)cc1C(Br)c1ccc(Cl)c2ccccc12. The smallest absolute Gasteiger partial charge is 0.127 e. The van der Waals surface area contributed by atoms with Crippen molar-refractivity contribution in [2.45, 2.75) is 4.83 Å².